The number of nitrogen functional groups attached to an aromatic ring is 1. The van der Waals surface area contributed by atoms with Crippen molar-refractivity contribution in [2.24, 2.45) is 0 Å². The summed E-state index contributed by atoms with van der Waals surface area (Å²) in [6, 6.07) is 0. The maximum Gasteiger partial charge on any atom is 0.200 e. The fourth-order valence-corrected chi connectivity index (χ4v) is 2.44. The summed E-state index contributed by atoms with van der Waals surface area (Å²) in [5.41, 5.74) is 6.49. The molecule has 0 radical (unpaired) electrons. The van der Waals surface area contributed by atoms with Crippen LogP contribution in [0.1, 0.15) is 13.2 Å². The van der Waals surface area contributed by atoms with E-state index in [-0.39, 0.29) is 5.95 Å². The van der Waals surface area contributed by atoms with Gasteiger partial charge in [-0.2, -0.15) is 4.98 Å². The average Bonchev–Trinajstić information content (AvgIpc) is 2.86. The van der Waals surface area contributed by atoms with E-state index < -0.39 is 24.5 Å². The number of aliphatic hydroxyl groups is 2. The van der Waals surface area contributed by atoms with Gasteiger partial charge >= 0.3 is 0 Å². The van der Waals surface area contributed by atoms with Crippen LogP contribution < -0.4 is 5.73 Å². The molecule has 1 aliphatic rings. The third-order valence-electron chi connectivity index (χ3n) is 3.20. The van der Waals surface area contributed by atoms with E-state index in [0.29, 0.717) is 15.8 Å². The monoisotopic (exact) mass is 283 g/mol. The lowest BCUT2D eigenvalue weighted by atomic mass is 10.1. The van der Waals surface area contributed by atoms with Crippen molar-refractivity contribution >= 4 is 29.3 Å². The first-order valence-corrected chi connectivity index (χ1v) is 6.14. The molecule has 5 N–H and O–H groups in total. The number of imidazole rings is 1. The van der Waals surface area contributed by atoms with Gasteiger partial charge in [-0.1, -0.05) is 12.2 Å². The Bertz CT molecular complexity index is 683. The number of hydrogen-bond donors (Lipinski definition) is 4. The molecule has 19 heavy (non-hydrogen) atoms. The van der Waals surface area contributed by atoms with Crippen LogP contribution in [0.15, 0.2) is 6.33 Å². The number of fused-ring (bicyclic) bond motifs is 1. The number of H-pyrrole nitrogens is 1. The average molecular weight is 283 g/mol. The van der Waals surface area contributed by atoms with Gasteiger partial charge in [-0.25, -0.2) is 4.98 Å². The van der Waals surface area contributed by atoms with Gasteiger partial charge in [0.2, 0.25) is 5.95 Å². The molecule has 1 fully saturated rings. The van der Waals surface area contributed by atoms with E-state index in [4.69, 9.17) is 22.7 Å². The Morgan fingerprint density at radius 3 is 2.84 bits per heavy atom. The minimum absolute atomic E-state index is 0.153. The number of aliphatic hydroxyl groups excluding tert-OH is 2. The predicted molar refractivity (Wildman–Crippen MR) is 68.7 cm³/mol. The zero-order valence-electron chi connectivity index (χ0n) is 10.0. The van der Waals surface area contributed by atoms with E-state index in [1.807, 2.05) is 0 Å². The maximum atomic E-state index is 9.98. The summed E-state index contributed by atoms with van der Waals surface area (Å²) in [5.74, 6) is 0.153. The highest BCUT2D eigenvalue weighted by molar-refractivity contribution is 7.71. The first-order chi connectivity index (χ1) is 8.99. The molecule has 8 nitrogen and oxygen atoms in total. The second-order valence-corrected chi connectivity index (χ2v) is 4.90. The molecule has 102 valence electrons. The molecule has 9 heteroatoms. The Hall–Kier alpha value is -1.55. The van der Waals surface area contributed by atoms with Gasteiger partial charge in [0.05, 0.1) is 12.4 Å². The van der Waals surface area contributed by atoms with Gasteiger partial charge in [0.25, 0.3) is 0 Å². The van der Waals surface area contributed by atoms with Gasteiger partial charge in [-0.15, -0.1) is 0 Å². The van der Waals surface area contributed by atoms with Crippen LogP contribution in [0.4, 0.5) is 5.95 Å². The van der Waals surface area contributed by atoms with Crippen LogP contribution in [0.25, 0.3) is 11.2 Å². The second kappa shape index (κ2) is 4.23. The number of aromatic amines is 1. The van der Waals surface area contributed by atoms with Gasteiger partial charge in [0.15, 0.2) is 11.9 Å². The summed E-state index contributed by atoms with van der Waals surface area (Å²) >= 11 is 5.10. The third kappa shape index (κ3) is 1.82. The van der Waals surface area contributed by atoms with E-state index in [9.17, 15) is 10.2 Å². The number of hydrogen-bond acceptors (Lipinski definition) is 7. The Labute approximate surface area is 112 Å². The van der Waals surface area contributed by atoms with Crippen LogP contribution >= 0.6 is 12.2 Å². The SMILES string of the molecule is C[C@H]1O[C@@H](n2cnc3c(=S)[nH]c(N)nc32)[C@@H](O)[C@H]1O. The lowest BCUT2D eigenvalue weighted by Crippen LogP contribution is -2.30. The van der Waals surface area contributed by atoms with E-state index >= 15 is 0 Å². The van der Waals surface area contributed by atoms with E-state index in [0.717, 1.165) is 0 Å². The van der Waals surface area contributed by atoms with Crippen LogP contribution in [0.2, 0.25) is 0 Å². The molecule has 0 saturated carbocycles. The van der Waals surface area contributed by atoms with Gasteiger partial charge in [0.1, 0.15) is 22.4 Å². The smallest absolute Gasteiger partial charge is 0.200 e. The van der Waals surface area contributed by atoms with Crippen molar-refractivity contribution in [3.05, 3.63) is 11.0 Å². The Morgan fingerprint density at radius 1 is 1.47 bits per heavy atom. The second-order valence-electron chi connectivity index (χ2n) is 4.49. The number of anilines is 1. The van der Waals surface area contributed by atoms with Crippen molar-refractivity contribution in [2.45, 2.75) is 31.5 Å². The van der Waals surface area contributed by atoms with Crippen LogP contribution in [-0.4, -0.2) is 48.0 Å². The van der Waals surface area contributed by atoms with Gasteiger partial charge in [0, 0.05) is 0 Å². The highest BCUT2D eigenvalue weighted by Crippen LogP contribution is 2.31. The summed E-state index contributed by atoms with van der Waals surface area (Å²) in [4.78, 5) is 10.9. The molecule has 3 heterocycles. The number of nitrogens with zero attached hydrogens (tertiary/aromatic N) is 3. The minimum atomic E-state index is -1.06. The summed E-state index contributed by atoms with van der Waals surface area (Å²) in [6.45, 7) is 1.68. The molecule has 0 amide bonds. The molecule has 4 atom stereocenters. The Morgan fingerprint density at radius 2 is 2.21 bits per heavy atom. The quantitative estimate of drug-likeness (QED) is 0.530. The van der Waals surface area contributed by atoms with E-state index in [1.165, 1.54) is 10.9 Å². The molecular weight excluding hydrogens is 270 g/mol. The first kappa shape index (κ1) is 12.5. The van der Waals surface area contributed by atoms with Gasteiger partial charge < -0.3 is 25.7 Å². The number of nitrogens with one attached hydrogen (secondary N) is 1. The molecule has 2 aromatic rings. The molecule has 3 rings (SSSR count). The maximum absolute atomic E-state index is 9.98. The van der Waals surface area contributed by atoms with E-state index in [1.54, 1.807) is 6.92 Å². The zero-order chi connectivity index (χ0) is 13.7. The largest absolute Gasteiger partial charge is 0.388 e. The fraction of sp³-hybridized carbons (Fsp3) is 0.500. The topological polar surface area (TPSA) is 122 Å². The summed E-state index contributed by atoms with van der Waals surface area (Å²) in [7, 11) is 0. The molecule has 0 spiro atoms. The standard InChI is InChI=1S/C10H13N5O3S/c1-3-5(16)6(17)9(18-3)15-2-12-4-7(15)13-10(11)14-8(4)19/h2-3,5-6,9,16-17H,1H3,(H3,11,13,14,19)/t3-,5+,6+,9-/m1/s1. The third-order valence-corrected chi connectivity index (χ3v) is 3.50. The number of aromatic nitrogens is 4. The van der Waals surface area contributed by atoms with Crippen molar-refractivity contribution in [3.8, 4) is 0 Å². The van der Waals surface area contributed by atoms with E-state index in [2.05, 4.69) is 15.0 Å². The van der Waals surface area contributed by atoms with Crippen molar-refractivity contribution in [1.82, 2.24) is 19.5 Å². The number of rotatable bonds is 1. The fourth-order valence-electron chi connectivity index (χ4n) is 2.19. The van der Waals surface area contributed by atoms with Crippen molar-refractivity contribution in [3.63, 3.8) is 0 Å². The van der Waals surface area contributed by atoms with Gasteiger partial charge in [-0.05, 0) is 6.92 Å². The zero-order valence-corrected chi connectivity index (χ0v) is 10.8. The van der Waals surface area contributed by atoms with Crippen LogP contribution in [0.3, 0.4) is 0 Å². The van der Waals surface area contributed by atoms with Crippen molar-refractivity contribution in [1.29, 1.82) is 0 Å². The molecule has 0 bridgehead atoms. The number of nitrogens with two attached hydrogens (primary N) is 1. The number of ether oxygens (including phenoxy) is 1. The summed E-state index contributed by atoms with van der Waals surface area (Å²) in [5, 5.41) is 19.7. The summed E-state index contributed by atoms with van der Waals surface area (Å²) in [6.07, 6.45) is -1.81. The highest BCUT2D eigenvalue weighted by Gasteiger charge is 2.41. The first-order valence-electron chi connectivity index (χ1n) is 5.73. The lowest BCUT2D eigenvalue weighted by Gasteiger charge is -2.16. The Kier molecular flexibility index (Phi) is 2.78. The lowest BCUT2D eigenvalue weighted by molar-refractivity contribution is -0.0299. The molecule has 0 unspecified atom stereocenters. The highest BCUT2D eigenvalue weighted by atomic mass is 32.1. The molecular formula is C10H13N5O3S. The van der Waals surface area contributed by atoms with Crippen molar-refractivity contribution < 1.29 is 14.9 Å². The van der Waals surface area contributed by atoms with Crippen LogP contribution in [0.5, 0.6) is 0 Å². The predicted octanol–water partition coefficient (Wildman–Crippen LogP) is -0.290. The summed E-state index contributed by atoms with van der Waals surface area (Å²) < 4.78 is 7.40. The van der Waals surface area contributed by atoms with Crippen molar-refractivity contribution in [2.75, 3.05) is 5.73 Å². The Balaban J connectivity index is 2.14. The van der Waals surface area contributed by atoms with Gasteiger partial charge in [-0.3, -0.25) is 4.57 Å². The molecule has 0 aliphatic carbocycles. The van der Waals surface area contributed by atoms with Crippen LogP contribution in [0, 0.1) is 4.64 Å². The minimum Gasteiger partial charge on any atom is -0.388 e. The molecule has 1 saturated heterocycles. The molecule has 0 aromatic carbocycles. The molecule has 1 aliphatic heterocycles. The normalized spacial score (nSPS) is 31.1. The van der Waals surface area contributed by atoms with Crippen LogP contribution in [-0.2, 0) is 4.74 Å². The molecule has 2 aromatic heterocycles.